The fourth-order valence-electron chi connectivity index (χ4n) is 0.734. The summed E-state index contributed by atoms with van der Waals surface area (Å²) in [5.74, 6) is 6.68. The molecule has 0 aliphatic heterocycles. The molecule has 0 saturated carbocycles. The summed E-state index contributed by atoms with van der Waals surface area (Å²) >= 11 is 6.63. The monoisotopic (exact) mass is 337 g/mol. The second kappa shape index (κ2) is 9.26. The van der Waals surface area contributed by atoms with E-state index in [9.17, 15) is 0 Å². The maximum absolute atomic E-state index is 5.52. The molecule has 0 aromatic carbocycles. The van der Waals surface area contributed by atoms with Crippen LogP contribution >= 0.6 is 31.9 Å². The van der Waals surface area contributed by atoms with Crippen LogP contribution in [0.3, 0.4) is 0 Å². The van der Waals surface area contributed by atoms with Gasteiger partial charge in [0.05, 0.1) is 13.2 Å². The van der Waals surface area contributed by atoms with Gasteiger partial charge in [0.15, 0.2) is 5.76 Å². The third-order valence-electron chi connectivity index (χ3n) is 1.51. The van der Waals surface area contributed by atoms with Gasteiger partial charge in [0, 0.05) is 0 Å². The number of hydrogen-bond donors (Lipinski definition) is 0. The van der Waals surface area contributed by atoms with Gasteiger partial charge < -0.3 is 4.74 Å². The highest BCUT2D eigenvalue weighted by molar-refractivity contribution is 9.28. The summed E-state index contributed by atoms with van der Waals surface area (Å²) < 4.78 is 6.29. The van der Waals surface area contributed by atoms with Crippen molar-refractivity contribution in [2.45, 2.75) is 19.8 Å². The third-order valence-corrected chi connectivity index (χ3v) is 2.23. The van der Waals surface area contributed by atoms with Gasteiger partial charge in [-0.2, -0.15) is 0 Å². The topological polar surface area (TPSA) is 12.5 Å². The van der Waals surface area contributed by atoms with Gasteiger partial charge in [-0.3, -0.25) is 4.90 Å². The van der Waals surface area contributed by atoms with Crippen molar-refractivity contribution in [3.05, 3.63) is 9.15 Å². The molecule has 0 unspecified atom stereocenters. The first-order valence-electron chi connectivity index (χ1n) is 4.89. The van der Waals surface area contributed by atoms with E-state index in [0.717, 1.165) is 22.8 Å². The summed E-state index contributed by atoms with van der Waals surface area (Å²) in [7, 11) is 3.97. The Hall–Kier alpha value is 0.0200. The maximum atomic E-state index is 5.52. The minimum atomic E-state index is 0.672. The van der Waals surface area contributed by atoms with Gasteiger partial charge in [-0.05, 0) is 58.3 Å². The molecule has 0 fully saturated rings. The Morgan fingerprint density at radius 3 is 2.47 bits per heavy atom. The summed E-state index contributed by atoms with van der Waals surface area (Å²) in [6.45, 7) is 3.57. The Morgan fingerprint density at radius 1 is 1.33 bits per heavy atom. The largest absolute Gasteiger partial charge is 0.484 e. The van der Waals surface area contributed by atoms with Crippen LogP contribution < -0.4 is 0 Å². The Bertz CT molecular complexity index is 259. The molecule has 4 heteroatoms. The Balaban J connectivity index is 4.16. The number of halogens is 2. The molecular weight excluding hydrogens is 322 g/mol. The molecule has 0 aliphatic carbocycles. The van der Waals surface area contributed by atoms with E-state index in [1.807, 2.05) is 19.0 Å². The molecular formula is C11H17Br2NO. The van der Waals surface area contributed by atoms with E-state index >= 15 is 0 Å². The summed E-state index contributed by atoms with van der Waals surface area (Å²) in [5.41, 5.74) is 0. The zero-order chi connectivity index (χ0) is 11.7. The van der Waals surface area contributed by atoms with Crippen molar-refractivity contribution in [2.75, 3.05) is 27.2 Å². The molecule has 0 N–H and O–H groups in total. The van der Waals surface area contributed by atoms with Crippen molar-refractivity contribution < 1.29 is 4.74 Å². The first-order valence-corrected chi connectivity index (χ1v) is 6.48. The summed E-state index contributed by atoms with van der Waals surface area (Å²) in [4.78, 5) is 2.01. The van der Waals surface area contributed by atoms with E-state index in [-0.39, 0.29) is 0 Å². The van der Waals surface area contributed by atoms with Crippen molar-refractivity contribution in [2.24, 2.45) is 0 Å². The van der Waals surface area contributed by atoms with Gasteiger partial charge in [-0.15, -0.1) is 0 Å². The van der Waals surface area contributed by atoms with E-state index in [0.29, 0.717) is 12.4 Å². The van der Waals surface area contributed by atoms with Crippen molar-refractivity contribution in [1.82, 2.24) is 4.90 Å². The molecule has 0 spiro atoms. The normalized spacial score (nSPS) is 9.47. The molecule has 0 radical (unpaired) electrons. The van der Waals surface area contributed by atoms with Crippen LogP contribution in [-0.2, 0) is 4.74 Å². The fourth-order valence-corrected chi connectivity index (χ4v) is 1.16. The maximum Gasteiger partial charge on any atom is 0.191 e. The van der Waals surface area contributed by atoms with Crippen LogP contribution in [0.25, 0.3) is 0 Å². The number of ether oxygens (including phenoxy) is 1. The summed E-state index contributed by atoms with van der Waals surface area (Å²) in [6, 6.07) is 0. The lowest BCUT2D eigenvalue weighted by atomic mass is 10.4. The quantitative estimate of drug-likeness (QED) is 0.433. The Morgan fingerprint density at radius 2 is 2.00 bits per heavy atom. The lowest BCUT2D eigenvalue weighted by Crippen LogP contribution is -2.10. The summed E-state index contributed by atoms with van der Waals surface area (Å²) in [6.07, 6.45) is 2.17. The van der Waals surface area contributed by atoms with Crippen LogP contribution in [0.2, 0.25) is 0 Å². The molecule has 0 bridgehead atoms. The molecule has 0 rings (SSSR count). The summed E-state index contributed by atoms with van der Waals surface area (Å²) in [5, 5.41) is 0. The first kappa shape index (κ1) is 15.0. The van der Waals surface area contributed by atoms with Gasteiger partial charge in [0.2, 0.25) is 0 Å². The third kappa shape index (κ3) is 8.98. The van der Waals surface area contributed by atoms with Crippen molar-refractivity contribution in [3.8, 4) is 11.8 Å². The van der Waals surface area contributed by atoms with E-state index in [1.54, 1.807) is 0 Å². The molecule has 0 amide bonds. The van der Waals surface area contributed by atoms with E-state index in [2.05, 4.69) is 50.6 Å². The van der Waals surface area contributed by atoms with Crippen LogP contribution in [0.1, 0.15) is 19.8 Å². The van der Waals surface area contributed by atoms with Gasteiger partial charge in [-0.1, -0.05) is 19.3 Å². The van der Waals surface area contributed by atoms with Gasteiger partial charge in [0.25, 0.3) is 0 Å². The second-order valence-electron chi connectivity index (χ2n) is 3.33. The molecule has 0 aromatic rings. The highest BCUT2D eigenvalue weighted by atomic mass is 79.9. The standard InChI is InChI=1S/C11H17Br2NO/c1-4-5-9-15-10(11(12)13)7-6-8-14(2)3/h4-5,8-9H2,1-3H3. The zero-order valence-corrected chi connectivity index (χ0v) is 12.6. The molecule has 0 atom stereocenters. The van der Waals surface area contributed by atoms with Gasteiger partial charge in [-0.25, -0.2) is 0 Å². The molecule has 0 saturated heterocycles. The van der Waals surface area contributed by atoms with E-state index < -0.39 is 0 Å². The van der Waals surface area contributed by atoms with Gasteiger partial charge in [0.1, 0.15) is 3.39 Å². The van der Waals surface area contributed by atoms with Crippen LogP contribution in [-0.4, -0.2) is 32.1 Å². The highest BCUT2D eigenvalue weighted by Gasteiger charge is 1.98. The highest BCUT2D eigenvalue weighted by Crippen LogP contribution is 2.19. The predicted octanol–water partition coefficient (Wildman–Crippen LogP) is 3.33. The van der Waals surface area contributed by atoms with Crippen molar-refractivity contribution in [1.29, 1.82) is 0 Å². The average Bonchev–Trinajstić information content (AvgIpc) is 2.15. The zero-order valence-electron chi connectivity index (χ0n) is 9.44. The SMILES string of the molecule is CCCCOC(C#CCN(C)C)=C(Br)Br. The van der Waals surface area contributed by atoms with Crippen LogP contribution in [0.5, 0.6) is 0 Å². The second-order valence-corrected chi connectivity index (χ2v) is 5.98. The first-order chi connectivity index (χ1) is 7.07. The number of hydrogen-bond acceptors (Lipinski definition) is 2. The van der Waals surface area contributed by atoms with Crippen molar-refractivity contribution in [3.63, 3.8) is 0 Å². The number of nitrogens with zero attached hydrogens (tertiary/aromatic N) is 1. The lowest BCUT2D eigenvalue weighted by molar-refractivity contribution is 0.223. The molecule has 0 aliphatic rings. The lowest BCUT2D eigenvalue weighted by Gasteiger charge is -2.05. The smallest absolute Gasteiger partial charge is 0.191 e. The minimum absolute atomic E-state index is 0.672. The number of allylic oxidation sites excluding steroid dienone is 1. The van der Waals surface area contributed by atoms with E-state index in [1.165, 1.54) is 0 Å². The van der Waals surface area contributed by atoms with E-state index in [4.69, 9.17) is 4.74 Å². The molecule has 0 aromatic heterocycles. The van der Waals surface area contributed by atoms with Crippen molar-refractivity contribution >= 4 is 31.9 Å². The minimum Gasteiger partial charge on any atom is -0.484 e. The molecule has 0 heterocycles. The number of unbranched alkanes of at least 4 members (excludes halogenated alkanes) is 1. The predicted molar refractivity (Wildman–Crippen MR) is 72.1 cm³/mol. The average molecular weight is 339 g/mol. The van der Waals surface area contributed by atoms with Crippen LogP contribution in [0.4, 0.5) is 0 Å². The molecule has 2 nitrogen and oxygen atoms in total. The Kier molecular flexibility index (Phi) is 9.27. The van der Waals surface area contributed by atoms with Gasteiger partial charge >= 0.3 is 0 Å². The number of rotatable bonds is 5. The molecule has 15 heavy (non-hydrogen) atoms. The van der Waals surface area contributed by atoms with Crippen LogP contribution in [0.15, 0.2) is 9.15 Å². The fraction of sp³-hybridized carbons (Fsp3) is 0.636. The molecule has 86 valence electrons. The van der Waals surface area contributed by atoms with Crippen LogP contribution in [0, 0.1) is 11.8 Å². The Labute approximate surface area is 109 Å².